The first kappa shape index (κ1) is 16.1. The Kier molecular flexibility index (Phi) is 5.19. The molecule has 8 heteroatoms. The summed E-state index contributed by atoms with van der Waals surface area (Å²) >= 11 is 11.8. The van der Waals surface area contributed by atoms with Gasteiger partial charge in [0.1, 0.15) is 16.5 Å². The maximum atomic E-state index is 11.8. The van der Waals surface area contributed by atoms with Crippen LogP contribution >= 0.6 is 23.2 Å². The smallest absolute Gasteiger partial charge is 0.292 e. The van der Waals surface area contributed by atoms with Crippen LogP contribution in [0.5, 0.6) is 5.75 Å². The molecule has 0 aromatic heterocycles. The molecule has 0 aliphatic carbocycles. The van der Waals surface area contributed by atoms with Crippen molar-refractivity contribution < 1.29 is 14.5 Å². The average Bonchev–Trinajstić information content (AvgIpc) is 2.49. The van der Waals surface area contributed by atoms with Crippen LogP contribution in [-0.4, -0.2) is 17.4 Å². The Morgan fingerprint density at radius 3 is 2.64 bits per heavy atom. The summed E-state index contributed by atoms with van der Waals surface area (Å²) in [5.41, 5.74) is -0.102. The van der Waals surface area contributed by atoms with Crippen LogP contribution in [0.15, 0.2) is 42.5 Å². The first-order valence-electron chi connectivity index (χ1n) is 6.09. The zero-order valence-electron chi connectivity index (χ0n) is 11.1. The molecule has 1 N–H and O–H groups in total. The summed E-state index contributed by atoms with van der Waals surface area (Å²) in [6, 6.07) is 10.6. The van der Waals surface area contributed by atoms with Crippen molar-refractivity contribution in [3.63, 3.8) is 0 Å². The number of benzene rings is 2. The molecule has 0 fully saturated rings. The van der Waals surface area contributed by atoms with Crippen molar-refractivity contribution in [3.05, 3.63) is 62.6 Å². The number of nitro groups is 1. The lowest BCUT2D eigenvalue weighted by Crippen LogP contribution is -2.20. The molecule has 0 saturated heterocycles. The van der Waals surface area contributed by atoms with Crippen LogP contribution in [0.25, 0.3) is 0 Å². The Balaban J connectivity index is 2.02. The van der Waals surface area contributed by atoms with E-state index in [1.54, 1.807) is 24.3 Å². The third-order valence-corrected chi connectivity index (χ3v) is 3.45. The van der Waals surface area contributed by atoms with Gasteiger partial charge in [0, 0.05) is 6.07 Å². The van der Waals surface area contributed by atoms with Crippen LogP contribution in [0.2, 0.25) is 10.0 Å². The molecular formula is C14H10Cl2N2O4. The highest BCUT2D eigenvalue weighted by Crippen LogP contribution is 2.31. The van der Waals surface area contributed by atoms with E-state index in [1.165, 1.54) is 18.2 Å². The van der Waals surface area contributed by atoms with Crippen LogP contribution in [-0.2, 0) is 4.79 Å². The highest BCUT2D eigenvalue weighted by atomic mass is 35.5. The number of amides is 1. The van der Waals surface area contributed by atoms with E-state index in [1.807, 2.05) is 0 Å². The van der Waals surface area contributed by atoms with Crippen molar-refractivity contribution in [1.82, 2.24) is 0 Å². The molecule has 0 spiro atoms. The summed E-state index contributed by atoms with van der Waals surface area (Å²) in [6.45, 7) is -0.355. The fourth-order valence-electron chi connectivity index (χ4n) is 1.66. The van der Waals surface area contributed by atoms with Gasteiger partial charge in [-0.3, -0.25) is 14.9 Å². The zero-order valence-corrected chi connectivity index (χ0v) is 12.6. The molecule has 2 aromatic carbocycles. The predicted molar refractivity (Wildman–Crippen MR) is 83.7 cm³/mol. The average molecular weight is 341 g/mol. The molecule has 0 unspecified atom stereocenters. The van der Waals surface area contributed by atoms with Crippen molar-refractivity contribution in [2.75, 3.05) is 11.9 Å². The van der Waals surface area contributed by atoms with Gasteiger partial charge in [0.15, 0.2) is 6.61 Å². The van der Waals surface area contributed by atoms with Gasteiger partial charge in [0.2, 0.25) is 0 Å². The third-order valence-electron chi connectivity index (χ3n) is 2.65. The van der Waals surface area contributed by atoms with E-state index >= 15 is 0 Å². The maximum Gasteiger partial charge on any atom is 0.292 e. The molecule has 0 heterocycles. The van der Waals surface area contributed by atoms with E-state index in [0.29, 0.717) is 5.02 Å². The van der Waals surface area contributed by atoms with E-state index in [2.05, 4.69) is 5.32 Å². The highest BCUT2D eigenvalue weighted by molar-refractivity contribution is 6.42. The minimum absolute atomic E-state index is 0.0956. The maximum absolute atomic E-state index is 11.8. The molecular weight excluding hydrogens is 331 g/mol. The van der Waals surface area contributed by atoms with Crippen molar-refractivity contribution in [2.24, 2.45) is 0 Å². The van der Waals surface area contributed by atoms with E-state index in [4.69, 9.17) is 27.9 Å². The van der Waals surface area contributed by atoms with Crippen LogP contribution < -0.4 is 10.1 Å². The summed E-state index contributed by atoms with van der Waals surface area (Å²) in [6.07, 6.45) is 0. The molecule has 0 radical (unpaired) electrons. The zero-order chi connectivity index (χ0) is 16.1. The first-order chi connectivity index (χ1) is 10.5. The standard InChI is InChI=1S/C14H10Cl2N2O4/c15-9-4-3-7-12(14(9)16)22-8-13(19)17-10-5-1-2-6-11(10)18(20)21/h1-7H,8H2,(H,17,19). The van der Waals surface area contributed by atoms with Gasteiger partial charge in [-0.1, -0.05) is 41.4 Å². The SMILES string of the molecule is O=C(COc1cccc(Cl)c1Cl)Nc1ccccc1[N+](=O)[O-]. The van der Waals surface area contributed by atoms with Crippen molar-refractivity contribution in [2.45, 2.75) is 0 Å². The lowest BCUT2D eigenvalue weighted by Gasteiger charge is -2.09. The Morgan fingerprint density at radius 1 is 1.18 bits per heavy atom. The van der Waals surface area contributed by atoms with E-state index in [9.17, 15) is 14.9 Å². The quantitative estimate of drug-likeness (QED) is 0.660. The van der Waals surface area contributed by atoms with Gasteiger partial charge in [-0.05, 0) is 18.2 Å². The summed E-state index contributed by atoms with van der Waals surface area (Å²) in [5.74, 6) is -0.294. The summed E-state index contributed by atoms with van der Waals surface area (Å²) < 4.78 is 5.25. The fourth-order valence-corrected chi connectivity index (χ4v) is 2.01. The molecule has 0 bridgehead atoms. The van der Waals surface area contributed by atoms with Gasteiger partial charge in [0.25, 0.3) is 11.6 Å². The number of hydrogen-bond acceptors (Lipinski definition) is 4. The molecule has 0 saturated carbocycles. The normalized spacial score (nSPS) is 10.1. The topological polar surface area (TPSA) is 81.5 Å². The molecule has 114 valence electrons. The second-order valence-corrected chi connectivity index (χ2v) is 4.95. The summed E-state index contributed by atoms with van der Waals surface area (Å²) in [4.78, 5) is 22.1. The number of carbonyl (C=O) groups excluding carboxylic acids is 1. The lowest BCUT2D eigenvalue weighted by molar-refractivity contribution is -0.383. The number of nitro benzene ring substituents is 1. The molecule has 2 aromatic rings. The number of nitrogens with one attached hydrogen (secondary N) is 1. The van der Waals surface area contributed by atoms with Crippen LogP contribution in [0.4, 0.5) is 11.4 Å². The Morgan fingerprint density at radius 2 is 1.91 bits per heavy atom. The van der Waals surface area contributed by atoms with Crippen molar-refractivity contribution >= 4 is 40.5 Å². The largest absolute Gasteiger partial charge is 0.482 e. The van der Waals surface area contributed by atoms with E-state index in [-0.39, 0.29) is 28.8 Å². The summed E-state index contributed by atoms with van der Waals surface area (Å²) in [5, 5.41) is 13.8. The van der Waals surface area contributed by atoms with Gasteiger partial charge in [-0.25, -0.2) is 0 Å². The number of halogens is 2. The predicted octanol–water partition coefficient (Wildman–Crippen LogP) is 3.92. The van der Waals surface area contributed by atoms with E-state index in [0.717, 1.165) is 0 Å². The Bertz CT molecular complexity index is 722. The molecule has 0 atom stereocenters. The minimum Gasteiger partial charge on any atom is -0.482 e. The number of ether oxygens (including phenoxy) is 1. The minimum atomic E-state index is -0.579. The molecule has 22 heavy (non-hydrogen) atoms. The third kappa shape index (κ3) is 3.87. The number of hydrogen-bond donors (Lipinski definition) is 1. The van der Waals surface area contributed by atoms with Crippen LogP contribution in [0.1, 0.15) is 0 Å². The lowest BCUT2D eigenvalue weighted by atomic mass is 10.2. The monoisotopic (exact) mass is 340 g/mol. The molecule has 0 aliphatic heterocycles. The van der Waals surface area contributed by atoms with Crippen LogP contribution in [0, 0.1) is 10.1 Å². The molecule has 6 nitrogen and oxygen atoms in total. The van der Waals surface area contributed by atoms with Gasteiger partial charge in [-0.2, -0.15) is 0 Å². The summed E-state index contributed by atoms with van der Waals surface area (Å²) in [7, 11) is 0. The van der Waals surface area contributed by atoms with Crippen molar-refractivity contribution in [3.8, 4) is 5.75 Å². The van der Waals surface area contributed by atoms with Gasteiger partial charge in [-0.15, -0.1) is 0 Å². The molecule has 0 aliphatic rings. The first-order valence-corrected chi connectivity index (χ1v) is 6.84. The number of para-hydroxylation sites is 2. The highest BCUT2D eigenvalue weighted by Gasteiger charge is 2.15. The molecule has 1 amide bonds. The number of nitrogens with zero attached hydrogens (tertiary/aromatic N) is 1. The van der Waals surface area contributed by atoms with Crippen LogP contribution in [0.3, 0.4) is 0 Å². The van der Waals surface area contributed by atoms with Gasteiger partial charge < -0.3 is 10.1 Å². The van der Waals surface area contributed by atoms with Crippen molar-refractivity contribution in [1.29, 1.82) is 0 Å². The number of carbonyl (C=O) groups is 1. The second kappa shape index (κ2) is 7.11. The van der Waals surface area contributed by atoms with Gasteiger partial charge in [0.05, 0.1) is 9.95 Å². The second-order valence-electron chi connectivity index (χ2n) is 4.16. The Hall–Kier alpha value is -2.31. The Labute approximate surface area is 135 Å². The number of rotatable bonds is 5. The van der Waals surface area contributed by atoms with E-state index < -0.39 is 10.8 Å². The fraction of sp³-hybridized carbons (Fsp3) is 0.0714. The van der Waals surface area contributed by atoms with Gasteiger partial charge >= 0.3 is 0 Å². The number of anilines is 1. The molecule has 2 rings (SSSR count).